The second-order valence-corrected chi connectivity index (χ2v) is 26.3. The third-order valence-electron chi connectivity index (χ3n) is 15.3. The Morgan fingerprint density at radius 1 is 0.868 bits per heavy atom. The van der Waals surface area contributed by atoms with Gasteiger partial charge in [0.05, 0.1) is 27.6 Å². The van der Waals surface area contributed by atoms with Gasteiger partial charge in [0, 0.05) is 129 Å². The third-order valence-corrected chi connectivity index (χ3v) is 19.2. The van der Waals surface area contributed by atoms with Crippen LogP contribution in [0.15, 0.2) is 124 Å². The van der Waals surface area contributed by atoms with Crippen molar-refractivity contribution in [3.8, 4) is 0 Å². The Hall–Kier alpha value is -6.20. The molecule has 9 rings (SSSR count). The van der Waals surface area contributed by atoms with Gasteiger partial charge in [-0.05, 0) is 123 Å². The lowest BCUT2D eigenvalue weighted by Crippen LogP contribution is -2.56. The fraction of sp³-hybridized carbons (Fsp3) is 0.386. The Morgan fingerprint density at radius 3 is 2.24 bits per heavy atom. The smallest absolute Gasteiger partial charge is 0.229 e. The first-order chi connectivity index (χ1) is 36.5. The highest BCUT2D eigenvalue weighted by Crippen LogP contribution is 2.42. The molecule has 400 valence electrons. The van der Waals surface area contributed by atoms with E-state index < -0.39 is 17.0 Å². The van der Waals surface area contributed by atoms with Crippen LogP contribution in [-0.4, -0.2) is 123 Å². The van der Waals surface area contributed by atoms with Crippen molar-refractivity contribution in [3.63, 3.8) is 0 Å². The molecule has 3 fully saturated rings. The van der Waals surface area contributed by atoms with E-state index in [2.05, 4.69) is 106 Å². The summed E-state index contributed by atoms with van der Waals surface area (Å²) < 4.78 is 58.8. The standard InChI is InChI=1S/C57H68BrFN11O4PS/c1-8-39-32-52(69-24-20-43(21-25-69)68-28-26-67(27-29-68)38(4)41-35-70(36-41)44-14-17-47(48(59)33-44)46(11-10-30-71)37(3)60-5)40(9-2)31-51(39)65-57-63-34-53(76(73,74)45-15-12-42(58)13-16-45)56(66-57)64-50-19-18-49-54(62-23-22-61-49)55(50)75(6,7)72/h12-19,22-23,30-34,41,43,46,60H,3-4,8-11,20-21,24-29,35-36H2,1-2,5-7H3,(H2,63,64,65,66). The van der Waals surface area contributed by atoms with Crippen LogP contribution >= 0.6 is 23.1 Å². The number of allylic oxidation sites excluding steroid dienone is 1. The number of hydrogen-bond donors (Lipinski definition) is 3. The van der Waals surface area contributed by atoms with Crippen molar-refractivity contribution in [1.82, 2.24) is 35.1 Å². The number of piperazine rings is 1. The van der Waals surface area contributed by atoms with Crippen molar-refractivity contribution in [3.05, 3.63) is 137 Å². The van der Waals surface area contributed by atoms with Gasteiger partial charge in [0.2, 0.25) is 15.8 Å². The maximum absolute atomic E-state index is 15.5. The number of aromatic nitrogens is 4. The van der Waals surface area contributed by atoms with Gasteiger partial charge < -0.3 is 40.0 Å². The first-order valence-electron chi connectivity index (χ1n) is 26.1. The molecule has 3 aliphatic rings. The van der Waals surface area contributed by atoms with Crippen molar-refractivity contribution >= 4 is 90.0 Å². The zero-order chi connectivity index (χ0) is 53.9. The fourth-order valence-electron chi connectivity index (χ4n) is 11.0. The van der Waals surface area contributed by atoms with Crippen LogP contribution in [0.1, 0.15) is 62.1 Å². The number of halogens is 2. The number of carbonyl (C=O) groups is 1. The Bertz CT molecular complexity index is 3300. The van der Waals surface area contributed by atoms with E-state index in [0.29, 0.717) is 58.1 Å². The van der Waals surface area contributed by atoms with E-state index in [9.17, 15) is 17.8 Å². The van der Waals surface area contributed by atoms with Crippen molar-refractivity contribution in [2.24, 2.45) is 5.92 Å². The molecule has 0 radical (unpaired) electrons. The molecule has 2 aromatic heterocycles. The first-order valence-corrected chi connectivity index (χ1v) is 31.0. The zero-order valence-corrected chi connectivity index (χ0v) is 47.3. The number of nitrogens with one attached hydrogen (secondary N) is 3. The van der Waals surface area contributed by atoms with Crippen molar-refractivity contribution in [1.29, 1.82) is 0 Å². The van der Waals surface area contributed by atoms with E-state index in [0.717, 1.165) is 106 Å². The summed E-state index contributed by atoms with van der Waals surface area (Å²) in [5, 5.41) is 10.2. The van der Waals surface area contributed by atoms with Crippen LogP contribution < -0.4 is 31.1 Å². The number of fused-ring (bicyclic) bond motifs is 1. The lowest BCUT2D eigenvalue weighted by atomic mass is 9.90. The maximum atomic E-state index is 15.5. The summed E-state index contributed by atoms with van der Waals surface area (Å²) in [5.74, 6) is 0.00616. The maximum Gasteiger partial charge on any atom is 0.229 e. The quantitative estimate of drug-likeness (QED) is 0.0487. The molecule has 3 N–H and O–H groups in total. The molecule has 3 aliphatic heterocycles. The molecule has 19 heteroatoms. The lowest BCUT2D eigenvalue weighted by molar-refractivity contribution is -0.108. The van der Waals surface area contributed by atoms with Crippen LogP contribution in [0.25, 0.3) is 11.0 Å². The van der Waals surface area contributed by atoms with Gasteiger partial charge >= 0.3 is 0 Å². The number of aldehydes is 1. The number of sulfone groups is 1. The molecule has 0 aliphatic carbocycles. The molecule has 1 unspecified atom stereocenters. The summed E-state index contributed by atoms with van der Waals surface area (Å²) in [6.45, 7) is 23.5. The molecule has 3 saturated heterocycles. The van der Waals surface area contributed by atoms with Gasteiger partial charge in [-0.3, -0.25) is 14.9 Å². The number of rotatable bonds is 20. The van der Waals surface area contributed by atoms with E-state index >= 15 is 4.39 Å². The summed E-state index contributed by atoms with van der Waals surface area (Å²) in [4.78, 5) is 39.2. The lowest BCUT2D eigenvalue weighted by Gasteiger charge is -2.48. The average Bonchev–Trinajstić information content (AvgIpc) is 3.42. The SMILES string of the molecule is C=C(NC)C(CCC=O)c1ccc(N2CC(C(=C)N3CCN(C4CCN(c5cc(CC)c(Nc6ncc(S(=O)(=O)c7ccc(Br)cc7)c(Nc7ccc8nccnc8c7P(C)(C)=O)n6)cc5CC)CC4)CC3)C2)cc1F. The summed E-state index contributed by atoms with van der Waals surface area (Å²) in [6, 6.07) is 20.3. The molecule has 15 nitrogen and oxygen atoms in total. The van der Waals surface area contributed by atoms with Gasteiger partial charge in [0.15, 0.2) is 5.82 Å². The van der Waals surface area contributed by atoms with E-state index in [-0.39, 0.29) is 33.3 Å². The van der Waals surface area contributed by atoms with E-state index in [1.54, 1.807) is 63.1 Å². The Balaban J connectivity index is 0.847. The fourth-order valence-corrected chi connectivity index (χ4v) is 13.9. The largest absolute Gasteiger partial charge is 0.391 e. The third kappa shape index (κ3) is 11.6. The minimum atomic E-state index is -4.13. The monoisotopic (exact) mass is 1130 g/mol. The first kappa shape index (κ1) is 54.6. The number of hydrogen-bond acceptors (Lipinski definition) is 15. The van der Waals surface area contributed by atoms with Crippen molar-refractivity contribution in [2.75, 3.05) is 93.2 Å². The predicted molar refractivity (Wildman–Crippen MR) is 308 cm³/mol. The highest BCUT2D eigenvalue weighted by molar-refractivity contribution is 9.10. The van der Waals surface area contributed by atoms with Crippen LogP contribution in [0.4, 0.5) is 38.9 Å². The summed E-state index contributed by atoms with van der Waals surface area (Å²) in [5.41, 5.74) is 9.06. The second kappa shape index (κ2) is 23.2. The summed E-state index contributed by atoms with van der Waals surface area (Å²) in [7, 11) is -5.36. The number of anilines is 6. The second-order valence-electron chi connectivity index (χ2n) is 20.3. The van der Waals surface area contributed by atoms with Gasteiger partial charge in [-0.25, -0.2) is 17.8 Å². The van der Waals surface area contributed by atoms with E-state index in [4.69, 9.17) is 4.98 Å². The summed E-state index contributed by atoms with van der Waals surface area (Å²) >= 11 is 3.41. The average molecular weight is 1130 g/mol. The van der Waals surface area contributed by atoms with E-state index in [1.165, 1.54) is 35.3 Å². The number of aryl methyl sites for hydroxylation is 2. The van der Waals surface area contributed by atoms with Crippen LogP contribution in [0.3, 0.4) is 0 Å². The Kier molecular flexibility index (Phi) is 16.7. The number of likely N-dealkylation sites (N-methyl/N-ethyl adjacent to an activating group) is 1. The molecular weight excluding hydrogens is 1060 g/mol. The van der Waals surface area contributed by atoms with Gasteiger partial charge in [0.25, 0.3) is 0 Å². The molecule has 76 heavy (non-hydrogen) atoms. The molecule has 6 aromatic rings. The molecule has 0 bridgehead atoms. The molecule has 0 spiro atoms. The van der Waals surface area contributed by atoms with Crippen LogP contribution in [0, 0.1) is 11.7 Å². The molecule has 0 amide bonds. The molecule has 4 aromatic carbocycles. The molecular formula is C57H68BrFN11O4PS. The van der Waals surface area contributed by atoms with Crippen LogP contribution in [0.2, 0.25) is 0 Å². The van der Waals surface area contributed by atoms with E-state index in [1.807, 2.05) is 12.1 Å². The summed E-state index contributed by atoms with van der Waals surface area (Å²) in [6.07, 6.45) is 9.84. The minimum absolute atomic E-state index is 0.0241. The van der Waals surface area contributed by atoms with Gasteiger partial charge in [0.1, 0.15) is 29.7 Å². The molecule has 0 saturated carbocycles. The molecule has 1 atom stereocenters. The number of benzene rings is 4. The predicted octanol–water partition coefficient (Wildman–Crippen LogP) is 10.0. The topological polar surface area (TPSA) is 169 Å². The van der Waals surface area contributed by atoms with Gasteiger partial charge in [-0.1, -0.05) is 49.0 Å². The number of piperidine rings is 1. The Labute approximate surface area is 454 Å². The highest BCUT2D eigenvalue weighted by atomic mass is 79.9. The van der Waals surface area contributed by atoms with Gasteiger partial charge in [-0.2, -0.15) is 4.98 Å². The number of nitrogens with zero attached hydrogens (tertiary/aromatic N) is 8. The molecule has 5 heterocycles. The van der Waals surface area contributed by atoms with Crippen molar-refractivity contribution < 1.29 is 22.2 Å². The minimum Gasteiger partial charge on any atom is -0.391 e. The zero-order valence-electron chi connectivity index (χ0n) is 44.0. The van der Waals surface area contributed by atoms with Gasteiger partial charge in [-0.15, -0.1) is 0 Å². The number of carbonyl (C=O) groups excluding carboxylic acids is 1. The normalized spacial score (nSPS) is 16.3. The Morgan fingerprint density at radius 2 is 1.58 bits per heavy atom. The van der Waals surface area contributed by atoms with Crippen molar-refractivity contribution in [2.45, 2.75) is 74.1 Å². The van der Waals surface area contributed by atoms with Crippen LogP contribution in [-0.2, 0) is 32.0 Å². The van der Waals surface area contributed by atoms with Crippen LogP contribution in [0.5, 0.6) is 0 Å². The highest BCUT2D eigenvalue weighted by Gasteiger charge is 2.35.